The van der Waals surface area contributed by atoms with Crippen molar-refractivity contribution in [1.82, 2.24) is 15.2 Å². The minimum Gasteiger partial charge on any atom is -0.493 e. The van der Waals surface area contributed by atoms with E-state index in [-0.39, 0.29) is 46.6 Å². The van der Waals surface area contributed by atoms with Crippen molar-refractivity contribution in [1.29, 1.82) is 0 Å². The summed E-state index contributed by atoms with van der Waals surface area (Å²) in [5.41, 5.74) is -0.517. The molecule has 2 unspecified atom stereocenters. The van der Waals surface area contributed by atoms with Crippen molar-refractivity contribution >= 4 is 27.5 Å². The lowest BCUT2D eigenvalue weighted by Crippen LogP contribution is -2.56. The molecule has 0 aliphatic carbocycles. The molecule has 2 saturated heterocycles. The van der Waals surface area contributed by atoms with Crippen LogP contribution in [0.25, 0.3) is 10.2 Å². The third-order valence-corrected chi connectivity index (χ3v) is 8.37. The Morgan fingerprint density at radius 1 is 1.07 bits per heavy atom. The quantitative estimate of drug-likeness (QED) is 0.317. The molecule has 2 bridgehead atoms. The van der Waals surface area contributed by atoms with Gasteiger partial charge in [0, 0.05) is 23.7 Å². The minimum atomic E-state index is -4.51. The van der Waals surface area contributed by atoms with E-state index in [9.17, 15) is 31.1 Å². The van der Waals surface area contributed by atoms with Gasteiger partial charge in [0.1, 0.15) is 5.01 Å². The monoisotopic (exact) mass is 587 g/mol. The van der Waals surface area contributed by atoms with Crippen LogP contribution in [0.4, 0.5) is 26.3 Å². The van der Waals surface area contributed by atoms with Crippen LogP contribution in [0.1, 0.15) is 53.0 Å². The zero-order valence-corrected chi connectivity index (χ0v) is 22.3. The van der Waals surface area contributed by atoms with Gasteiger partial charge in [0.05, 0.1) is 29.4 Å². The maximum Gasteiger partial charge on any atom is 0.422 e. The maximum atomic E-state index is 13.4. The summed E-state index contributed by atoms with van der Waals surface area (Å²) in [6, 6.07) is 8.26. The number of methoxy groups -OCH3 is 1. The van der Waals surface area contributed by atoms with Crippen molar-refractivity contribution in [2.24, 2.45) is 0 Å². The molecule has 6 nitrogen and oxygen atoms in total. The number of rotatable bonds is 7. The third kappa shape index (κ3) is 6.30. The molecule has 3 aromatic rings. The number of amides is 1. The van der Waals surface area contributed by atoms with Gasteiger partial charge in [0.25, 0.3) is 5.91 Å². The molecule has 1 aromatic heterocycles. The summed E-state index contributed by atoms with van der Waals surface area (Å²) >= 11 is 1.27. The lowest BCUT2D eigenvalue weighted by Gasteiger charge is -2.48. The molecule has 2 aliphatic heterocycles. The molecule has 5 rings (SSSR count). The molecule has 13 heteroatoms. The number of carbonyl (C=O) groups excluding carboxylic acids is 1. The molecule has 1 N–H and O–H groups in total. The number of carbonyl (C=O) groups is 1. The van der Waals surface area contributed by atoms with Crippen LogP contribution in [0.3, 0.4) is 0 Å². The summed E-state index contributed by atoms with van der Waals surface area (Å²) < 4.78 is 88.3. The number of alkyl halides is 6. The van der Waals surface area contributed by atoms with Crippen LogP contribution in [-0.4, -0.2) is 53.8 Å². The van der Waals surface area contributed by atoms with Gasteiger partial charge in [-0.25, -0.2) is 4.98 Å². The second-order valence-corrected chi connectivity index (χ2v) is 11.2. The topological polar surface area (TPSA) is 63.7 Å². The second-order valence-electron chi connectivity index (χ2n) is 10.1. The fourth-order valence-corrected chi connectivity index (χ4v) is 6.66. The highest BCUT2D eigenvalue weighted by Gasteiger charge is 2.40. The Morgan fingerprint density at radius 3 is 2.45 bits per heavy atom. The summed E-state index contributed by atoms with van der Waals surface area (Å²) in [7, 11) is 1.28. The van der Waals surface area contributed by atoms with E-state index in [1.165, 1.54) is 42.7 Å². The Bertz CT molecular complexity index is 1360. The number of benzene rings is 2. The molecule has 216 valence electrons. The molecule has 1 amide bonds. The number of aromatic nitrogens is 1. The van der Waals surface area contributed by atoms with Crippen molar-refractivity contribution in [3.05, 3.63) is 52.5 Å². The lowest BCUT2D eigenvalue weighted by molar-refractivity contribution is -0.153. The van der Waals surface area contributed by atoms with Crippen LogP contribution in [0.2, 0.25) is 0 Å². The number of hydrogen-bond acceptors (Lipinski definition) is 6. The van der Waals surface area contributed by atoms with Crippen LogP contribution in [0.15, 0.2) is 36.4 Å². The summed E-state index contributed by atoms with van der Waals surface area (Å²) in [6.45, 7) is -1.03. The smallest absolute Gasteiger partial charge is 0.422 e. The van der Waals surface area contributed by atoms with Gasteiger partial charge in [-0.2, -0.15) is 26.3 Å². The maximum absolute atomic E-state index is 13.4. The number of hydrogen-bond donors (Lipinski definition) is 1. The second kappa shape index (κ2) is 11.1. The Hall–Kier alpha value is -3.06. The van der Waals surface area contributed by atoms with Crippen LogP contribution < -0.4 is 14.8 Å². The summed E-state index contributed by atoms with van der Waals surface area (Å²) in [4.78, 5) is 19.7. The first kappa shape index (κ1) is 28.5. The van der Waals surface area contributed by atoms with Crippen LogP contribution in [-0.2, 0) is 12.7 Å². The Kier molecular flexibility index (Phi) is 7.88. The fourth-order valence-electron chi connectivity index (χ4n) is 5.66. The number of piperidine rings is 2. The van der Waals surface area contributed by atoms with Gasteiger partial charge in [-0.05, 0) is 56.0 Å². The van der Waals surface area contributed by atoms with E-state index >= 15 is 0 Å². The van der Waals surface area contributed by atoms with Gasteiger partial charge in [-0.3, -0.25) is 9.69 Å². The average Bonchev–Trinajstić information content (AvgIpc) is 3.29. The van der Waals surface area contributed by atoms with Crippen molar-refractivity contribution in [3.63, 3.8) is 0 Å². The predicted molar refractivity (Wildman–Crippen MR) is 137 cm³/mol. The van der Waals surface area contributed by atoms with Gasteiger partial charge in [0.15, 0.2) is 18.1 Å². The normalized spacial score (nSPS) is 21.8. The number of fused-ring (bicyclic) bond motifs is 3. The van der Waals surface area contributed by atoms with Crippen LogP contribution in [0, 0.1) is 0 Å². The van der Waals surface area contributed by atoms with Crippen molar-refractivity contribution in [3.8, 4) is 11.5 Å². The first-order valence-electron chi connectivity index (χ1n) is 12.8. The zero-order chi connectivity index (χ0) is 28.7. The highest BCUT2D eigenvalue weighted by atomic mass is 32.1. The van der Waals surface area contributed by atoms with E-state index in [0.29, 0.717) is 29.1 Å². The van der Waals surface area contributed by atoms with Crippen molar-refractivity contribution in [2.45, 2.75) is 69.1 Å². The standard InChI is InChI=1S/C27H27F6N3O3S/c1-38-21-10-15(8-9-20(21)39-14-26(28,29)30)25(37)34-16-11-17-4-2-5-18(12-16)36(17)13-23-35-24-19(27(31,32)33)6-3-7-22(24)40-23/h3,6-10,16-18H,2,4-5,11-14H2,1H3,(H,34,37). The summed E-state index contributed by atoms with van der Waals surface area (Å²) in [5.74, 6) is -0.465. The van der Waals surface area contributed by atoms with Crippen LogP contribution >= 0.6 is 11.3 Å². The highest BCUT2D eigenvalue weighted by Crippen LogP contribution is 2.39. The number of thiazole rings is 1. The molecule has 0 radical (unpaired) electrons. The molecule has 0 saturated carbocycles. The first-order valence-corrected chi connectivity index (χ1v) is 13.6. The lowest BCUT2D eigenvalue weighted by atomic mass is 9.81. The number of ether oxygens (including phenoxy) is 2. The van der Waals surface area contributed by atoms with E-state index in [4.69, 9.17) is 9.47 Å². The SMILES string of the molecule is COc1cc(C(=O)NC2CC3CCCC(C2)N3Cc2nc3c(C(F)(F)F)cccc3s2)ccc1OCC(F)(F)F. The molecule has 2 aromatic carbocycles. The van der Waals surface area contributed by atoms with Gasteiger partial charge in [0.2, 0.25) is 0 Å². The Balaban J connectivity index is 1.25. The predicted octanol–water partition coefficient (Wildman–Crippen LogP) is 6.58. The third-order valence-electron chi connectivity index (χ3n) is 7.36. The molecular weight excluding hydrogens is 560 g/mol. The van der Waals surface area contributed by atoms with Gasteiger partial charge < -0.3 is 14.8 Å². The molecular formula is C27H27F6N3O3S. The zero-order valence-electron chi connectivity index (χ0n) is 21.4. The molecule has 2 aliphatic rings. The number of para-hydroxylation sites is 1. The molecule has 2 fully saturated rings. The van der Waals surface area contributed by atoms with Crippen molar-refractivity contribution in [2.75, 3.05) is 13.7 Å². The number of nitrogens with zero attached hydrogens (tertiary/aromatic N) is 2. The van der Waals surface area contributed by atoms with E-state index < -0.39 is 24.5 Å². The molecule has 3 heterocycles. The van der Waals surface area contributed by atoms with E-state index in [2.05, 4.69) is 15.2 Å². The van der Waals surface area contributed by atoms with Gasteiger partial charge >= 0.3 is 12.4 Å². The van der Waals surface area contributed by atoms with E-state index in [1.807, 2.05) is 0 Å². The van der Waals surface area contributed by atoms with Crippen LogP contribution in [0.5, 0.6) is 11.5 Å². The van der Waals surface area contributed by atoms with Crippen molar-refractivity contribution < 1.29 is 40.6 Å². The first-order chi connectivity index (χ1) is 18.9. The Labute approximate surface area is 230 Å². The van der Waals surface area contributed by atoms with E-state index in [1.54, 1.807) is 6.07 Å². The molecule has 0 spiro atoms. The van der Waals surface area contributed by atoms with Gasteiger partial charge in [-0.15, -0.1) is 11.3 Å². The summed E-state index contributed by atoms with van der Waals surface area (Å²) in [6.07, 6.45) is -4.80. The Morgan fingerprint density at radius 2 is 1.80 bits per heavy atom. The van der Waals surface area contributed by atoms with Gasteiger partial charge in [-0.1, -0.05) is 12.5 Å². The molecule has 2 atom stereocenters. The highest BCUT2D eigenvalue weighted by molar-refractivity contribution is 7.18. The summed E-state index contributed by atoms with van der Waals surface area (Å²) in [5, 5.41) is 3.67. The number of nitrogens with one attached hydrogen (secondary N) is 1. The fraction of sp³-hybridized carbons (Fsp3) is 0.481. The number of halogens is 6. The van der Waals surface area contributed by atoms with E-state index in [0.717, 1.165) is 25.3 Å². The largest absolute Gasteiger partial charge is 0.493 e. The molecule has 40 heavy (non-hydrogen) atoms. The average molecular weight is 588 g/mol. The minimum absolute atomic E-state index is 0.0208.